The second kappa shape index (κ2) is 7.56. The second-order valence-electron chi connectivity index (χ2n) is 4.94. The monoisotopic (exact) mass is 308 g/mol. The van der Waals surface area contributed by atoms with Gasteiger partial charge in [0.15, 0.2) is 0 Å². The van der Waals surface area contributed by atoms with Crippen LogP contribution in [0.3, 0.4) is 0 Å². The molecule has 5 heteroatoms. The summed E-state index contributed by atoms with van der Waals surface area (Å²) < 4.78 is 0. The van der Waals surface area contributed by atoms with Crippen LogP contribution in [0.25, 0.3) is 0 Å². The number of hydrogen-bond acceptors (Lipinski definition) is 3. The average Bonchev–Trinajstić information content (AvgIpc) is 2.47. The van der Waals surface area contributed by atoms with Gasteiger partial charge in [0.25, 0.3) is 0 Å². The molecule has 106 valence electrons. The van der Waals surface area contributed by atoms with Crippen molar-refractivity contribution >= 4 is 29.3 Å². The molecule has 20 heavy (non-hydrogen) atoms. The van der Waals surface area contributed by atoms with Gasteiger partial charge in [-0.3, -0.25) is 4.79 Å². The Bertz CT molecular complexity index is 492. The quantitative estimate of drug-likeness (QED) is 0.925. The summed E-state index contributed by atoms with van der Waals surface area (Å²) in [5, 5.41) is 12.6. The van der Waals surface area contributed by atoms with Crippen LogP contribution in [0, 0.1) is 17.2 Å². The van der Waals surface area contributed by atoms with Crippen molar-refractivity contribution in [3.8, 4) is 6.07 Å². The van der Waals surface area contributed by atoms with Crippen LogP contribution in [0.2, 0.25) is 5.02 Å². The van der Waals surface area contributed by atoms with E-state index in [9.17, 15) is 10.1 Å². The molecular weight excluding hydrogens is 292 g/mol. The molecule has 0 aromatic heterocycles. The molecule has 0 aliphatic carbocycles. The van der Waals surface area contributed by atoms with E-state index in [0.717, 1.165) is 29.9 Å². The first-order valence-electron chi connectivity index (χ1n) is 6.71. The van der Waals surface area contributed by atoms with Crippen LogP contribution in [0.5, 0.6) is 0 Å². The van der Waals surface area contributed by atoms with Gasteiger partial charge >= 0.3 is 0 Å². The third-order valence-corrected chi connectivity index (χ3v) is 4.75. The zero-order chi connectivity index (χ0) is 14.4. The molecule has 2 rings (SSSR count). The molecule has 1 aliphatic heterocycles. The summed E-state index contributed by atoms with van der Waals surface area (Å²) >= 11 is 7.77. The zero-order valence-corrected chi connectivity index (χ0v) is 12.7. The van der Waals surface area contributed by atoms with Crippen LogP contribution in [-0.4, -0.2) is 17.4 Å². The minimum Gasteiger partial charge on any atom is -0.337 e. The molecule has 1 N–H and O–H groups in total. The molecule has 1 amide bonds. The molecule has 1 aliphatic rings. The smallest absolute Gasteiger partial charge is 0.221 e. The van der Waals surface area contributed by atoms with Crippen molar-refractivity contribution in [1.82, 2.24) is 5.32 Å². The molecule has 0 bridgehead atoms. The predicted molar refractivity (Wildman–Crippen MR) is 82.6 cm³/mol. The van der Waals surface area contributed by atoms with Crippen LogP contribution in [-0.2, 0) is 4.79 Å². The van der Waals surface area contributed by atoms with E-state index in [0.29, 0.717) is 17.4 Å². The van der Waals surface area contributed by atoms with E-state index < -0.39 is 6.04 Å². The van der Waals surface area contributed by atoms with E-state index in [1.165, 1.54) is 0 Å². The lowest BCUT2D eigenvalue weighted by Gasteiger charge is -2.21. The summed E-state index contributed by atoms with van der Waals surface area (Å²) in [6.07, 6.45) is 2.71. The number of nitrogens with zero attached hydrogens (tertiary/aromatic N) is 1. The summed E-state index contributed by atoms with van der Waals surface area (Å²) in [6, 6.07) is 8.53. The first-order chi connectivity index (χ1) is 9.69. The zero-order valence-electron chi connectivity index (χ0n) is 11.1. The van der Waals surface area contributed by atoms with Crippen LogP contribution in [0.15, 0.2) is 24.3 Å². The molecule has 1 atom stereocenters. The molecule has 1 fully saturated rings. The second-order valence-corrected chi connectivity index (χ2v) is 6.60. The van der Waals surface area contributed by atoms with Gasteiger partial charge in [-0.1, -0.05) is 23.7 Å². The Morgan fingerprint density at radius 1 is 1.40 bits per heavy atom. The van der Waals surface area contributed by atoms with Crippen molar-refractivity contribution in [2.45, 2.75) is 25.3 Å². The van der Waals surface area contributed by atoms with E-state index in [1.807, 2.05) is 11.8 Å². The van der Waals surface area contributed by atoms with Crippen molar-refractivity contribution in [1.29, 1.82) is 5.26 Å². The number of amides is 1. The minimum absolute atomic E-state index is 0.0385. The molecule has 3 nitrogen and oxygen atoms in total. The lowest BCUT2D eigenvalue weighted by Crippen LogP contribution is -2.30. The molecule has 1 aromatic carbocycles. The van der Waals surface area contributed by atoms with Gasteiger partial charge in [-0.2, -0.15) is 17.0 Å². The summed E-state index contributed by atoms with van der Waals surface area (Å²) in [5.41, 5.74) is 0.768. The van der Waals surface area contributed by atoms with E-state index in [1.54, 1.807) is 24.3 Å². The standard InChI is InChI=1S/C15H17ClN2OS/c16-13-3-1-12(2-4-13)14(10-17)18-15(19)9-11-5-7-20-8-6-11/h1-4,11,14H,5-9H2,(H,18,19)/t14-/m1/s1. The Morgan fingerprint density at radius 3 is 2.65 bits per heavy atom. The van der Waals surface area contributed by atoms with E-state index in [-0.39, 0.29) is 5.91 Å². The highest BCUT2D eigenvalue weighted by molar-refractivity contribution is 7.99. The van der Waals surface area contributed by atoms with Gasteiger partial charge in [-0.05, 0) is 48.0 Å². The minimum atomic E-state index is -0.599. The third kappa shape index (κ3) is 4.43. The number of benzene rings is 1. The van der Waals surface area contributed by atoms with Crippen LogP contribution >= 0.6 is 23.4 Å². The summed E-state index contributed by atoms with van der Waals surface area (Å²) in [7, 11) is 0. The Kier molecular flexibility index (Phi) is 5.75. The van der Waals surface area contributed by atoms with E-state index in [2.05, 4.69) is 11.4 Å². The largest absolute Gasteiger partial charge is 0.337 e. The van der Waals surface area contributed by atoms with Crippen LogP contribution in [0.1, 0.15) is 30.9 Å². The van der Waals surface area contributed by atoms with Crippen molar-refractivity contribution in [2.24, 2.45) is 5.92 Å². The summed E-state index contributed by atoms with van der Waals surface area (Å²) in [5.74, 6) is 2.69. The predicted octanol–water partition coefficient (Wildman–Crippen LogP) is 3.55. The van der Waals surface area contributed by atoms with E-state index in [4.69, 9.17) is 11.6 Å². The topological polar surface area (TPSA) is 52.9 Å². The average molecular weight is 309 g/mol. The number of hydrogen-bond donors (Lipinski definition) is 1. The molecule has 0 saturated carbocycles. The number of thioether (sulfide) groups is 1. The fourth-order valence-corrected chi connectivity index (χ4v) is 3.61. The molecule has 0 radical (unpaired) electrons. The first-order valence-corrected chi connectivity index (χ1v) is 8.24. The number of halogens is 1. The lowest BCUT2D eigenvalue weighted by atomic mass is 9.98. The summed E-state index contributed by atoms with van der Waals surface area (Å²) in [6.45, 7) is 0. The highest BCUT2D eigenvalue weighted by atomic mass is 35.5. The maximum absolute atomic E-state index is 12.0. The number of nitrogens with one attached hydrogen (secondary N) is 1. The van der Waals surface area contributed by atoms with Gasteiger partial charge in [0.2, 0.25) is 5.91 Å². The van der Waals surface area contributed by atoms with Crippen LogP contribution < -0.4 is 5.32 Å². The van der Waals surface area contributed by atoms with Crippen LogP contribution in [0.4, 0.5) is 0 Å². The lowest BCUT2D eigenvalue weighted by molar-refractivity contribution is -0.122. The SMILES string of the molecule is N#C[C@@H](NC(=O)CC1CCSCC1)c1ccc(Cl)cc1. The van der Waals surface area contributed by atoms with E-state index >= 15 is 0 Å². The number of carbonyl (C=O) groups is 1. The van der Waals surface area contributed by atoms with Crippen molar-refractivity contribution in [3.63, 3.8) is 0 Å². The maximum atomic E-state index is 12.0. The van der Waals surface area contributed by atoms with Gasteiger partial charge in [0, 0.05) is 11.4 Å². The number of nitriles is 1. The molecule has 1 aromatic rings. The Hall–Kier alpha value is -1.18. The van der Waals surface area contributed by atoms with Gasteiger partial charge in [-0.25, -0.2) is 0 Å². The molecule has 0 unspecified atom stereocenters. The van der Waals surface area contributed by atoms with Gasteiger partial charge in [0.1, 0.15) is 6.04 Å². The normalized spacial score (nSPS) is 17.2. The Morgan fingerprint density at radius 2 is 2.05 bits per heavy atom. The molecule has 1 heterocycles. The number of carbonyl (C=O) groups excluding carboxylic acids is 1. The van der Waals surface area contributed by atoms with Crippen molar-refractivity contribution in [3.05, 3.63) is 34.9 Å². The molecule has 1 saturated heterocycles. The van der Waals surface area contributed by atoms with Crippen molar-refractivity contribution < 1.29 is 4.79 Å². The fraction of sp³-hybridized carbons (Fsp3) is 0.467. The Balaban J connectivity index is 1.90. The highest BCUT2D eigenvalue weighted by Gasteiger charge is 2.20. The fourth-order valence-electron chi connectivity index (χ4n) is 2.28. The Labute approximate surface area is 128 Å². The number of rotatable bonds is 4. The summed E-state index contributed by atoms with van der Waals surface area (Å²) in [4.78, 5) is 12.0. The van der Waals surface area contributed by atoms with Gasteiger partial charge in [-0.15, -0.1) is 0 Å². The molecule has 0 spiro atoms. The molecular formula is C15H17ClN2OS. The first kappa shape index (κ1) is 15.2. The van der Waals surface area contributed by atoms with Crippen molar-refractivity contribution in [2.75, 3.05) is 11.5 Å². The third-order valence-electron chi connectivity index (χ3n) is 3.45. The van der Waals surface area contributed by atoms with Gasteiger partial charge in [0.05, 0.1) is 6.07 Å². The highest BCUT2D eigenvalue weighted by Crippen LogP contribution is 2.25. The maximum Gasteiger partial charge on any atom is 0.221 e. The van der Waals surface area contributed by atoms with Gasteiger partial charge < -0.3 is 5.32 Å².